The van der Waals surface area contributed by atoms with Crippen LogP contribution >= 0.6 is 0 Å². The molecule has 36 heavy (non-hydrogen) atoms. The molecule has 0 aliphatic heterocycles. The minimum absolute atomic E-state index is 0.0995. The van der Waals surface area contributed by atoms with Crippen molar-refractivity contribution in [2.75, 3.05) is 33.5 Å². The zero-order valence-corrected chi connectivity index (χ0v) is 25.6. The number of hydrogen-bond acceptors (Lipinski definition) is 7. The number of rotatable bonds is 12. The van der Waals surface area contributed by atoms with Gasteiger partial charge in [-0.05, 0) is 66.7 Å². The van der Waals surface area contributed by atoms with Crippen LogP contribution in [0.2, 0.25) is 0 Å². The highest BCUT2D eigenvalue weighted by atomic mass is 16.6. The average molecular weight is 523 g/mol. The first-order valence-corrected chi connectivity index (χ1v) is 13.0. The van der Waals surface area contributed by atoms with Crippen LogP contribution in [0, 0.1) is 22.2 Å². The Morgan fingerprint density at radius 1 is 0.694 bits per heavy atom. The zero-order valence-electron chi connectivity index (χ0n) is 25.6. The molecule has 0 spiro atoms. The van der Waals surface area contributed by atoms with Gasteiger partial charge in [-0.3, -0.25) is 14.4 Å². The Kier molecular flexibility index (Phi) is 25.9. The Bertz CT molecular complexity index is 566. The molecule has 0 heterocycles. The van der Waals surface area contributed by atoms with E-state index in [4.69, 9.17) is 24.4 Å². The molecular formula is C28H58O8. The van der Waals surface area contributed by atoms with Crippen molar-refractivity contribution in [2.24, 2.45) is 22.2 Å². The number of aliphatic carboxylic acids is 1. The Morgan fingerprint density at radius 2 is 1.03 bits per heavy atom. The second kappa shape index (κ2) is 22.5. The van der Waals surface area contributed by atoms with E-state index in [0.717, 1.165) is 18.8 Å². The summed E-state index contributed by atoms with van der Waals surface area (Å²) in [6.07, 6.45) is 3.53. The van der Waals surface area contributed by atoms with Crippen LogP contribution in [0.15, 0.2) is 0 Å². The fourth-order valence-corrected chi connectivity index (χ4v) is 1.19. The number of aliphatic hydroxyl groups excluding tert-OH is 1. The summed E-state index contributed by atoms with van der Waals surface area (Å²) >= 11 is 0. The van der Waals surface area contributed by atoms with E-state index in [1.165, 1.54) is 6.42 Å². The molecule has 0 amide bonds. The number of carbonyl (C=O) groups excluding carboxylic acids is 2. The van der Waals surface area contributed by atoms with E-state index in [0.29, 0.717) is 19.6 Å². The summed E-state index contributed by atoms with van der Waals surface area (Å²) in [5.41, 5.74) is -1.33. The lowest BCUT2D eigenvalue weighted by atomic mass is 9.91. The summed E-state index contributed by atoms with van der Waals surface area (Å²) < 4.78 is 14.5. The molecule has 0 rings (SSSR count). The van der Waals surface area contributed by atoms with Gasteiger partial charge in [-0.1, -0.05) is 48.0 Å². The van der Waals surface area contributed by atoms with Gasteiger partial charge in [0.15, 0.2) is 0 Å². The van der Waals surface area contributed by atoms with Gasteiger partial charge >= 0.3 is 17.9 Å². The minimum atomic E-state index is -0.722. The molecule has 0 unspecified atom stereocenters. The van der Waals surface area contributed by atoms with Crippen LogP contribution in [-0.2, 0) is 28.6 Å². The molecule has 0 atom stereocenters. The average Bonchev–Trinajstić information content (AvgIpc) is 2.83. The number of carboxylic acid groups (broad SMARTS) is 1. The Hall–Kier alpha value is -1.67. The Labute approximate surface area is 221 Å². The fraction of sp³-hybridized carbons (Fsp3) is 0.893. The maximum atomic E-state index is 11.3. The molecule has 218 valence electrons. The summed E-state index contributed by atoms with van der Waals surface area (Å²) in [7, 11) is 1.58. The molecule has 0 aromatic heterocycles. The molecule has 0 bridgehead atoms. The molecule has 0 saturated heterocycles. The highest BCUT2D eigenvalue weighted by molar-refractivity contribution is 5.76. The monoisotopic (exact) mass is 522 g/mol. The number of aliphatic hydroxyl groups is 1. The summed E-state index contributed by atoms with van der Waals surface area (Å²) in [5.74, 6) is -0.230. The second-order valence-corrected chi connectivity index (χ2v) is 10.8. The number of methoxy groups -OCH3 is 1. The number of esters is 2. The Balaban J connectivity index is -0.000000198. The largest absolute Gasteiger partial charge is 0.481 e. The molecule has 8 nitrogen and oxygen atoms in total. The third-order valence-electron chi connectivity index (χ3n) is 6.00. The van der Waals surface area contributed by atoms with Crippen molar-refractivity contribution in [2.45, 2.75) is 109 Å². The fourth-order valence-electron chi connectivity index (χ4n) is 1.19. The van der Waals surface area contributed by atoms with E-state index in [-0.39, 0.29) is 30.6 Å². The quantitative estimate of drug-likeness (QED) is 0.232. The van der Waals surface area contributed by atoms with Crippen molar-refractivity contribution in [1.82, 2.24) is 0 Å². The number of carboxylic acids is 1. The first-order valence-electron chi connectivity index (χ1n) is 13.0. The van der Waals surface area contributed by atoms with Gasteiger partial charge in [-0.15, -0.1) is 0 Å². The molecule has 0 saturated carbocycles. The van der Waals surface area contributed by atoms with Crippen molar-refractivity contribution in [1.29, 1.82) is 0 Å². The lowest BCUT2D eigenvalue weighted by Gasteiger charge is -2.19. The van der Waals surface area contributed by atoms with E-state index in [1.54, 1.807) is 21.0 Å². The number of carbonyl (C=O) groups is 3. The summed E-state index contributed by atoms with van der Waals surface area (Å²) in [6.45, 7) is 24.1. The van der Waals surface area contributed by atoms with Gasteiger partial charge in [0.25, 0.3) is 0 Å². The molecule has 0 aromatic rings. The van der Waals surface area contributed by atoms with Crippen LogP contribution in [0.25, 0.3) is 0 Å². The standard InChI is InChI=1S/C9H18O3.C8H16O3.C6H12O2.C5H12/c1-5-9(2,3)8(10)12-7-6-11-4;1-4-8(2,3)7(10)11-6-5-9;1-4-6(2,3)5(7)8;1-4-5(2)3/h5-7H2,1-4H3;9H,4-6H2,1-3H3;4H2,1-3H3,(H,7,8);5H,4H2,1-3H3. The van der Waals surface area contributed by atoms with Gasteiger partial charge in [-0.2, -0.15) is 0 Å². The normalized spacial score (nSPS) is 11.1. The topological polar surface area (TPSA) is 119 Å². The van der Waals surface area contributed by atoms with Crippen LogP contribution in [0.4, 0.5) is 0 Å². The molecule has 0 radical (unpaired) electrons. The minimum Gasteiger partial charge on any atom is -0.481 e. The van der Waals surface area contributed by atoms with Gasteiger partial charge in [0, 0.05) is 7.11 Å². The van der Waals surface area contributed by atoms with Gasteiger partial charge in [0.05, 0.1) is 29.5 Å². The number of ether oxygens (including phenoxy) is 3. The highest BCUT2D eigenvalue weighted by Gasteiger charge is 2.27. The van der Waals surface area contributed by atoms with Crippen molar-refractivity contribution in [3.63, 3.8) is 0 Å². The lowest BCUT2D eigenvalue weighted by Crippen LogP contribution is -2.26. The van der Waals surface area contributed by atoms with Crippen LogP contribution in [0.5, 0.6) is 0 Å². The van der Waals surface area contributed by atoms with E-state index < -0.39 is 16.8 Å². The molecule has 2 N–H and O–H groups in total. The van der Waals surface area contributed by atoms with Crippen LogP contribution in [-0.4, -0.2) is 61.7 Å². The van der Waals surface area contributed by atoms with Crippen LogP contribution in [0.1, 0.15) is 109 Å². The van der Waals surface area contributed by atoms with Gasteiger partial charge in [-0.25, -0.2) is 0 Å². The summed E-state index contributed by atoms with van der Waals surface area (Å²) in [4.78, 5) is 32.7. The Morgan fingerprint density at radius 3 is 1.22 bits per heavy atom. The summed E-state index contributed by atoms with van der Waals surface area (Å²) in [5, 5.41) is 16.8. The van der Waals surface area contributed by atoms with Gasteiger partial charge in [0.2, 0.25) is 0 Å². The predicted molar refractivity (Wildman–Crippen MR) is 146 cm³/mol. The number of hydrogen-bond donors (Lipinski definition) is 2. The smallest absolute Gasteiger partial charge is 0.311 e. The van der Waals surface area contributed by atoms with Gasteiger partial charge in [0.1, 0.15) is 13.2 Å². The predicted octanol–water partition coefficient (Wildman–Crippen LogP) is 6.13. The third-order valence-corrected chi connectivity index (χ3v) is 6.00. The van der Waals surface area contributed by atoms with E-state index in [1.807, 2.05) is 48.5 Å². The molecule has 0 aliphatic carbocycles. The van der Waals surface area contributed by atoms with Crippen molar-refractivity contribution < 1.29 is 38.8 Å². The molecular weight excluding hydrogens is 464 g/mol. The first-order chi connectivity index (χ1) is 16.4. The highest BCUT2D eigenvalue weighted by Crippen LogP contribution is 2.22. The second-order valence-electron chi connectivity index (χ2n) is 10.8. The summed E-state index contributed by atoms with van der Waals surface area (Å²) in [6, 6.07) is 0. The molecule has 0 fully saturated rings. The van der Waals surface area contributed by atoms with E-state index in [2.05, 4.69) is 20.8 Å². The van der Waals surface area contributed by atoms with E-state index in [9.17, 15) is 14.4 Å². The van der Waals surface area contributed by atoms with Crippen LogP contribution in [0.3, 0.4) is 0 Å². The third kappa shape index (κ3) is 24.0. The van der Waals surface area contributed by atoms with Crippen LogP contribution < -0.4 is 0 Å². The van der Waals surface area contributed by atoms with Crippen molar-refractivity contribution in [3.8, 4) is 0 Å². The van der Waals surface area contributed by atoms with E-state index >= 15 is 0 Å². The first kappa shape index (κ1) is 41.5. The molecule has 0 aromatic carbocycles. The van der Waals surface area contributed by atoms with Crippen molar-refractivity contribution in [3.05, 3.63) is 0 Å². The zero-order chi connectivity index (χ0) is 29.6. The van der Waals surface area contributed by atoms with Gasteiger partial charge < -0.3 is 24.4 Å². The lowest BCUT2D eigenvalue weighted by molar-refractivity contribution is -0.156. The maximum absolute atomic E-state index is 11.3. The SMILES string of the molecule is CCC(C)(C)C(=O)O.CCC(C)(C)C(=O)OCCO.CCC(C)(C)C(=O)OCCOC.CCC(C)C. The molecule has 8 heteroatoms. The maximum Gasteiger partial charge on any atom is 0.311 e. The van der Waals surface area contributed by atoms with Crippen molar-refractivity contribution >= 4 is 17.9 Å². The molecule has 0 aliphatic rings.